The fourth-order valence-electron chi connectivity index (χ4n) is 3.52. The lowest BCUT2D eigenvalue weighted by Crippen LogP contribution is -2.40. The molecule has 0 saturated carbocycles. The average Bonchev–Trinajstić information content (AvgIpc) is 3.29. The van der Waals surface area contributed by atoms with E-state index in [9.17, 15) is 9.90 Å². The lowest BCUT2D eigenvalue weighted by Gasteiger charge is -2.23. The molecular formula is C18H20N4O3. The maximum atomic E-state index is 12.7. The number of likely N-dealkylation sites (tertiary alicyclic amines) is 1. The molecule has 0 radical (unpaired) electrons. The minimum Gasteiger partial charge on any atom is -0.461 e. The first-order chi connectivity index (χ1) is 12.0. The van der Waals surface area contributed by atoms with Crippen LogP contribution in [0.25, 0.3) is 11.0 Å². The summed E-state index contributed by atoms with van der Waals surface area (Å²) in [6.07, 6.45) is 4.10. The molecule has 1 aromatic carbocycles. The Morgan fingerprint density at radius 1 is 1.40 bits per heavy atom. The summed E-state index contributed by atoms with van der Waals surface area (Å²) in [5.41, 5.74) is 0.760. The van der Waals surface area contributed by atoms with Gasteiger partial charge in [-0.1, -0.05) is 23.4 Å². The molecule has 1 unspecified atom stereocenters. The Kier molecular flexibility index (Phi) is 3.80. The van der Waals surface area contributed by atoms with Gasteiger partial charge in [0.2, 0.25) is 5.91 Å². The minimum atomic E-state index is -0.961. The Labute approximate surface area is 144 Å². The zero-order valence-corrected chi connectivity index (χ0v) is 14.1. The van der Waals surface area contributed by atoms with Crippen LogP contribution in [0.4, 0.5) is 0 Å². The van der Waals surface area contributed by atoms with Gasteiger partial charge in [0.1, 0.15) is 16.9 Å². The number of carbonyl (C=O) groups excluding carboxylic acids is 1. The van der Waals surface area contributed by atoms with Gasteiger partial charge < -0.3 is 14.4 Å². The number of amides is 1. The molecule has 25 heavy (non-hydrogen) atoms. The molecule has 0 spiro atoms. The van der Waals surface area contributed by atoms with E-state index in [1.54, 1.807) is 22.0 Å². The van der Waals surface area contributed by atoms with Crippen LogP contribution in [0.2, 0.25) is 0 Å². The summed E-state index contributed by atoms with van der Waals surface area (Å²) < 4.78 is 7.33. The third-order valence-electron chi connectivity index (χ3n) is 4.84. The Bertz CT molecular complexity index is 902. The first-order valence-corrected chi connectivity index (χ1v) is 8.35. The highest BCUT2D eigenvalue weighted by Crippen LogP contribution is 2.28. The standard InChI is InChI=1S/C18H20N4O3/c1-13-15(14-4-2-3-5-16(14)25-13)10-17(23)21-8-6-18(24,11-21)12-22-9-7-19-20-22/h2-5,7,9,24H,6,8,10-12H2,1H3. The summed E-state index contributed by atoms with van der Waals surface area (Å²) in [6, 6.07) is 7.74. The number of aryl methyl sites for hydroxylation is 1. The smallest absolute Gasteiger partial charge is 0.227 e. The van der Waals surface area contributed by atoms with Gasteiger partial charge in [0.05, 0.1) is 25.7 Å². The van der Waals surface area contributed by atoms with Gasteiger partial charge in [-0.15, -0.1) is 5.10 Å². The summed E-state index contributed by atoms with van der Waals surface area (Å²) >= 11 is 0. The number of β-amino-alcohol motifs (C(OH)–C–C–N with tert-alkyl or cyclic N) is 1. The van der Waals surface area contributed by atoms with Crippen molar-refractivity contribution >= 4 is 16.9 Å². The molecule has 1 amide bonds. The Balaban J connectivity index is 1.47. The molecule has 0 aliphatic carbocycles. The third kappa shape index (κ3) is 3.02. The van der Waals surface area contributed by atoms with Crippen molar-refractivity contribution in [2.45, 2.75) is 31.9 Å². The zero-order chi connectivity index (χ0) is 17.4. The van der Waals surface area contributed by atoms with Gasteiger partial charge in [-0.05, 0) is 19.4 Å². The fourth-order valence-corrected chi connectivity index (χ4v) is 3.52. The molecule has 1 aliphatic heterocycles. The van der Waals surface area contributed by atoms with Crippen molar-refractivity contribution in [2.75, 3.05) is 13.1 Å². The van der Waals surface area contributed by atoms with E-state index in [0.29, 0.717) is 26.1 Å². The van der Waals surface area contributed by atoms with Crippen LogP contribution in [0.1, 0.15) is 17.7 Å². The molecule has 1 saturated heterocycles. The lowest BCUT2D eigenvalue weighted by atomic mass is 10.0. The van der Waals surface area contributed by atoms with E-state index < -0.39 is 5.60 Å². The molecule has 1 atom stereocenters. The topological polar surface area (TPSA) is 84.4 Å². The second kappa shape index (κ2) is 6.00. The van der Waals surface area contributed by atoms with Crippen LogP contribution >= 0.6 is 0 Å². The molecule has 2 aromatic heterocycles. The zero-order valence-electron chi connectivity index (χ0n) is 14.1. The highest BCUT2D eigenvalue weighted by atomic mass is 16.3. The maximum Gasteiger partial charge on any atom is 0.227 e. The number of furan rings is 1. The number of nitrogens with zero attached hydrogens (tertiary/aromatic N) is 4. The number of carbonyl (C=O) groups is 1. The first-order valence-electron chi connectivity index (χ1n) is 8.35. The van der Waals surface area contributed by atoms with Crippen molar-refractivity contribution in [3.63, 3.8) is 0 Å². The number of aromatic nitrogens is 3. The first kappa shape index (κ1) is 15.8. The SMILES string of the molecule is Cc1oc2ccccc2c1CC(=O)N1CCC(O)(Cn2ccnn2)C1. The van der Waals surface area contributed by atoms with E-state index in [1.165, 1.54) is 0 Å². The van der Waals surface area contributed by atoms with E-state index in [2.05, 4.69) is 10.3 Å². The largest absolute Gasteiger partial charge is 0.461 e. The molecular weight excluding hydrogens is 320 g/mol. The average molecular weight is 340 g/mol. The molecule has 0 bridgehead atoms. The van der Waals surface area contributed by atoms with Crippen LogP contribution in [0.15, 0.2) is 41.1 Å². The number of hydrogen-bond donors (Lipinski definition) is 1. The quantitative estimate of drug-likeness (QED) is 0.779. The van der Waals surface area contributed by atoms with Crippen molar-refractivity contribution in [1.29, 1.82) is 0 Å². The molecule has 7 heteroatoms. The van der Waals surface area contributed by atoms with Gasteiger partial charge in [-0.3, -0.25) is 4.79 Å². The minimum absolute atomic E-state index is 0.00386. The molecule has 3 aromatic rings. The number of para-hydroxylation sites is 1. The van der Waals surface area contributed by atoms with E-state index in [4.69, 9.17) is 4.42 Å². The van der Waals surface area contributed by atoms with E-state index in [-0.39, 0.29) is 12.3 Å². The van der Waals surface area contributed by atoms with Gasteiger partial charge in [0, 0.05) is 23.7 Å². The molecule has 4 rings (SSSR count). The molecule has 3 heterocycles. The Hall–Kier alpha value is -2.67. The lowest BCUT2D eigenvalue weighted by molar-refractivity contribution is -0.130. The third-order valence-corrected chi connectivity index (χ3v) is 4.84. The number of benzene rings is 1. The Morgan fingerprint density at radius 3 is 3.04 bits per heavy atom. The molecule has 7 nitrogen and oxygen atoms in total. The van der Waals surface area contributed by atoms with Crippen LogP contribution in [-0.2, 0) is 17.8 Å². The van der Waals surface area contributed by atoms with Gasteiger partial charge in [-0.2, -0.15) is 0 Å². The molecule has 1 fully saturated rings. The van der Waals surface area contributed by atoms with E-state index >= 15 is 0 Å². The Morgan fingerprint density at radius 2 is 2.24 bits per heavy atom. The van der Waals surface area contributed by atoms with Gasteiger partial charge in [0.15, 0.2) is 0 Å². The second-order valence-electron chi connectivity index (χ2n) is 6.70. The summed E-state index contributed by atoms with van der Waals surface area (Å²) in [4.78, 5) is 14.5. The summed E-state index contributed by atoms with van der Waals surface area (Å²) in [7, 11) is 0. The van der Waals surface area contributed by atoms with Crippen LogP contribution < -0.4 is 0 Å². The number of hydrogen-bond acceptors (Lipinski definition) is 5. The monoisotopic (exact) mass is 340 g/mol. The van der Waals surface area contributed by atoms with Gasteiger partial charge >= 0.3 is 0 Å². The van der Waals surface area contributed by atoms with E-state index in [1.807, 2.05) is 31.2 Å². The fraction of sp³-hybridized carbons (Fsp3) is 0.389. The number of rotatable bonds is 4. The second-order valence-corrected chi connectivity index (χ2v) is 6.70. The van der Waals surface area contributed by atoms with Crippen LogP contribution in [-0.4, -0.2) is 49.6 Å². The number of fused-ring (bicyclic) bond motifs is 1. The molecule has 1 aliphatic rings. The maximum absolute atomic E-state index is 12.7. The van der Waals surface area contributed by atoms with Crippen molar-refractivity contribution < 1.29 is 14.3 Å². The summed E-state index contributed by atoms with van der Waals surface area (Å²) in [6.45, 7) is 3.07. The van der Waals surface area contributed by atoms with Crippen molar-refractivity contribution in [3.8, 4) is 0 Å². The van der Waals surface area contributed by atoms with Crippen molar-refractivity contribution in [1.82, 2.24) is 19.9 Å². The molecule has 130 valence electrons. The normalized spacial score (nSPS) is 20.5. The van der Waals surface area contributed by atoms with Crippen LogP contribution in [0.5, 0.6) is 0 Å². The summed E-state index contributed by atoms with van der Waals surface area (Å²) in [5, 5.41) is 19.4. The summed E-state index contributed by atoms with van der Waals surface area (Å²) in [5.74, 6) is 0.774. The predicted molar refractivity (Wildman–Crippen MR) is 90.8 cm³/mol. The van der Waals surface area contributed by atoms with Crippen molar-refractivity contribution in [3.05, 3.63) is 48.0 Å². The van der Waals surface area contributed by atoms with Crippen LogP contribution in [0, 0.1) is 6.92 Å². The predicted octanol–water partition coefficient (Wildman–Crippen LogP) is 1.54. The highest BCUT2D eigenvalue weighted by molar-refractivity contribution is 5.88. The van der Waals surface area contributed by atoms with Gasteiger partial charge in [0.25, 0.3) is 0 Å². The number of aliphatic hydroxyl groups is 1. The highest BCUT2D eigenvalue weighted by Gasteiger charge is 2.39. The van der Waals surface area contributed by atoms with Crippen LogP contribution in [0.3, 0.4) is 0 Å². The van der Waals surface area contributed by atoms with Gasteiger partial charge in [-0.25, -0.2) is 4.68 Å². The van der Waals surface area contributed by atoms with Crippen molar-refractivity contribution in [2.24, 2.45) is 0 Å². The molecule has 1 N–H and O–H groups in total. The van der Waals surface area contributed by atoms with E-state index in [0.717, 1.165) is 22.3 Å².